The Kier molecular flexibility index (Phi) is 4.86. The van der Waals surface area contributed by atoms with Crippen LogP contribution in [-0.2, 0) is 10.0 Å². The van der Waals surface area contributed by atoms with Crippen LogP contribution in [0.5, 0.6) is 0 Å². The van der Waals surface area contributed by atoms with Crippen LogP contribution in [0.3, 0.4) is 0 Å². The molecule has 0 bridgehead atoms. The Labute approximate surface area is 84.4 Å². The molecule has 0 aromatic heterocycles. The van der Waals surface area contributed by atoms with Crippen molar-refractivity contribution >= 4 is 15.9 Å². The molecule has 0 spiro atoms. The molecular weight excluding hydrogens is 206 g/mol. The maximum Gasteiger partial charge on any atom is 0.211 e. The molecule has 0 radical (unpaired) electrons. The summed E-state index contributed by atoms with van der Waals surface area (Å²) in [6.45, 7) is 3.77. The van der Waals surface area contributed by atoms with Crippen molar-refractivity contribution in [1.29, 1.82) is 0 Å². The first kappa shape index (κ1) is 13.2. The monoisotopic (exact) mass is 223 g/mol. The Morgan fingerprint density at radius 3 is 2.36 bits per heavy atom. The molecule has 6 nitrogen and oxygen atoms in total. The SMILES string of the molecule is CC(C)N(CCC(N)=NO)S(C)(=O)=O. The molecule has 0 saturated heterocycles. The fourth-order valence-electron chi connectivity index (χ4n) is 1.08. The van der Waals surface area contributed by atoms with E-state index in [0.29, 0.717) is 0 Å². The van der Waals surface area contributed by atoms with E-state index in [4.69, 9.17) is 10.9 Å². The molecule has 84 valence electrons. The number of amidine groups is 1. The van der Waals surface area contributed by atoms with E-state index >= 15 is 0 Å². The fraction of sp³-hybridized carbons (Fsp3) is 0.857. The second kappa shape index (κ2) is 5.16. The topological polar surface area (TPSA) is 96.0 Å². The quantitative estimate of drug-likeness (QED) is 0.292. The molecule has 0 amide bonds. The fourth-order valence-corrected chi connectivity index (χ4v) is 2.27. The van der Waals surface area contributed by atoms with Crippen molar-refractivity contribution in [3.05, 3.63) is 0 Å². The lowest BCUT2D eigenvalue weighted by molar-refractivity contribution is 0.313. The summed E-state index contributed by atoms with van der Waals surface area (Å²) >= 11 is 0. The number of nitrogens with zero attached hydrogens (tertiary/aromatic N) is 2. The maximum atomic E-state index is 11.3. The van der Waals surface area contributed by atoms with E-state index in [1.807, 2.05) is 0 Å². The zero-order valence-electron chi connectivity index (χ0n) is 8.64. The lowest BCUT2D eigenvalue weighted by Gasteiger charge is -2.23. The summed E-state index contributed by atoms with van der Waals surface area (Å²) in [5.74, 6) is 0.0271. The standard InChI is InChI=1S/C7H17N3O3S/c1-6(2)10(14(3,12)13)5-4-7(8)9-11/h6,11H,4-5H2,1-3H3,(H2,8,9). The zero-order valence-corrected chi connectivity index (χ0v) is 9.45. The molecular formula is C7H17N3O3S. The molecule has 0 heterocycles. The Hall–Kier alpha value is -0.820. The van der Waals surface area contributed by atoms with Crippen LogP contribution in [-0.4, -0.2) is 42.6 Å². The molecule has 0 aromatic carbocycles. The summed E-state index contributed by atoms with van der Waals surface area (Å²) < 4.78 is 23.8. The van der Waals surface area contributed by atoms with Crippen molar-refractivity contribution in [3.8, 4) is 0 Å². The highest BCUT2D eigenvalue weighted by molar-refractivity contribution is 7.88. The molecule has 0 atom stereocenters. The van der Waals surface area contributed by atoms with Crippen LogP contribution in [0.15, 0.2) is 5.16 Å². The molecule has 0 fully saturated rings. The van der Waals surface area contributed by atoms with Gasteiger partial charge in [-0.05, 0) is 13.8 Å². The van der Waals surface area contributed by atoms with Gasteiger partial charge in [-0.15, -0.1) is 0 Å². The number of hydrogen-bond donors (Lipinski definition) is 2. The van der Waals surface area contributed by atoms with Gasteiger partial charge in [0.1, 0.15) is 5.84 Å². The molecule has 7 heteroatoms. The normalized spacial score (nSPS) is 13.9. The van der Waals surface area contributed by atoms with E-state index in [1.165, 1.54) is 4.31 Å². The van der Waals surface area contributed by atoms with Gasteiger partial charge in [0.05, 0.1) is 6.26 Å². The van der Waals surface area contributed by atoms with Crippen molar-refractivity contribution < 1.29 is 13.6 Å². The van der Waals surface area contributed by atoms with E-state index in [0.717, 1.165) is 6.26 Å². The smallest absolute Gasteiger partial charge is 0.211 e. The van der Waals surface area contributed by atoms with Crippen LogP contribution >= 0.6 is 0 Å². The second-order valence-electron chi connectivity index (χ2n) is 3.31. The Morgan fingerprint density at radius 1 is 1.57 bits per heavy atom. The van der Waals surface area contributed by atoms with Crippen molar-refractivity contribution in [1.82, 2.24) is 4.31 Å². The van der Waals surface area contributed by atoms with Gasteiger partial charge in [-0.1, -0.05) is 5.16 Å². The number of rotatable bonds is 5. The van der Waals surface area contributed by atoms with E-state index in [-0.39, 0.29) is 24.8 Å². The predicted octanol–water partition coefficient (Wildman–Crippen LogP) is -0.207. The Morgan fingerprint density at radius 2 is 2.07 bits per heavy atom. The summed E-state index contributed by atoms with van der Waals surface area (Å²) in [6, 6.07) is -0.128. The van der Waals surface area contributed by atoms with Crippen molar-refractivity contribution in [2.45, 2.75) is 26.3 Å². The first-order chi connectivity index (χ1) is 6.29. The summed E-state index contributed by atoms with van der Waals surface area (Å²) in [7, 11) is -3.23. The first-order valence-electron chi connectivity index (χ1n) is 4.22. The average molecular weight is 223 g/mol. The highest BCUT2D eigenvalue weighted by atomic mass is 32.2. The van der Waals surface area contributed by atoms with Crippen LogP contribution in [0.4, 0.5) is 0 Å². The maximum absolute atomic E-state index is 11.3. The van der Waals surface area contributed by atoms with Gasteiger partial charge >= 0.3 is 0 Å². The zero-order chi connectivity index (χ0) is 11.4. The molecule has 3 N–H and O–H groups in total. The van der Waals surface area contributed by atoms with E-state index in [1.54, 1.807) is 13.8 Å². The summed E-state index contributed by atoms with van der Waals surface area (Å²) in [4.78, 5) is 0. The minimum absolute atomic E-state index is 0.0271. The minimum Gasteiger partial charge on any atom is -0.409 e. The van der Waals surface area contributed by atoms with Crippen LogP contribution in [0.1, 0.15) is 20.3 Å². The second-order valence-corrected chi connectivity index (χ2v) is 5.24. The van der Waals surface area contributed by atoms with Crippen molar-refractivity contribution in [2.24, 2.45) is 10.9 Å². The number of oxime groups is 1. The van der Waals surface area contributed by atoms with Crippen LogP contribution in [0.25, 0.3) is 0 Å². The minimum atomic E-state index is -3.23. The van der Waals surface area contributed by atoms with Crippen molar-refractivity contribution in [2.75, 3.05) is 12.8 Å². The van der Waals surface area contributed by atoms with Gasteiger partial charge in [0.2, 0.25) is 10.0 Å². The Bertz CT molecular complexity index is 297. The van der Waals surface area contributed by atoms with Gasteiger partial charge < -0.3 is 10.9 Å². The number of hydrogen-bond acceptors (Lipinski definition) is 4. The number of nitrogens with two attached hydrogens (primary N) is 1. The van der Waals surface area contributed by atoms with Gasteiger partial charge in [0.25, 0.3) is 0 Å². The molecule has 0 aliphatic rings. The summed E-state index contributed by atoms with van der Waals surface area (Å²) in [5.41, 5.74) is 5.24. The molecule has 0 aliphatic heterocycles. The van der Waals surface area contributed by atoms with Crippen molar-refractivity contribution in [3.63, 3.8) is 0 Å². The number of sulfonamides is 1. The summed E-state index contributed by atoms with van der Waals surface area (Å²) in [5, 5.41) is 11.1. The lowest BCUT2D eigenvalue weighted by atomic mass is 10.3. The average Bonchev–Trinajstić information content (AvgIpc) is 2.01. The first-order valence-corrected chi connectivity index (χ1v) is 6.07. The highest BCUT2D eigenvalue weighted by Gasteiger charge is 2.19. The molecule has 0 aromatic rings. The Balaban J connectivity index is 4.42. The van der Waals surface area contributed by atoms with Crippen LogP contribution in [0.2, 0.25) is 0 Å². The van der Waals surface area contributed by atoms with E-state index < -0.39 is 10.0 Å². The van der Waals surface area contributed by atoms with Crippen LogP contribution in [0, 0.1) is 0 Å². The lowest BCUT2D eigenvalue weighted by Crippen LogP contribution is -2.38. The third-order valence-electron chi connectivity index (χ3n) is 1.72. The summed E-state index contributed by atoms with van der Waals surface area (Å²) in [6.07, 6.45) is 1.36. The third kappa shape index (κ3) is 4.43. The molecule has 0 aliphatic carbocycles. The molecule has 0 rings (SSSR count). The van der Waals surface area contributed by atoms with Gasteiger partial charge in [0, 0.05) is 19.0 Å². The highest BCUT2D eigenvalue weighted by Crippen LogP contribution is 2.05. The largest absolute Gasteiger partial charge is 0.409 e. The van der Waals surface area contributed by atoms with Gasteiger partial charge in [-0.3, -0.25) is 0 Å². The molecule has 0 saturated carbocycles. The molecule has 0 unspecified atom stereocenters. The van der Waals surface area contributed by atoms with E-state index in [9.17, 15) is 8.42 Å². The van der Waals surface area contributed by atoms with Gasteiger partial charge in [-0.25, -0.2) is 8.42 Å². The van der Waals surface area contributed by atoms with E-state index in [2.05, 4.69) is 5.16 Å². The van der Waals surface area contributed by atoms with Gasteiger partial charge in [-0.2, -0.15) is 4.31 Å². The molecule has 14 heavy (non-hydrogen) atoms. The third-order valence-corrected chi connectivity index (χ3v) is 3.17. The predicted molar refractivity (Wildman–Crippen MR) is 54.7 cm³/mol. The van der Waals surface area contributed by atoms with Crippen LogP contribution < -0.4 is 5.73 Å². The van der Waals surface area contributed by atoms with Gasteiger partial charge in [0.15, 0.2) is 0 Å².